The van der Waals surface area contributed by atoms with Crippen LogP contribution in [0.5, 0.6) is 5.75 Å². The number of imide groups is 1. The van der Waals surface area contributed by atoms with Crippen LogP contribution in [0.3, 0.4) is 0 Å². The number of halogens is 3. The van der Waals surface area contributed by atoms with Gasteiger partial charge in [0.2, 0.25) is 5.91 Å². The Morgan fingerprint density at radius 3 is 2.54 bits per heavy atom. The number of anilines is 2. The van der Waals surface area contributed by atoms with Gasteiger partial charge < -0.3 is 10.4 Å². The topological polar surface area (TPSA) is 69.6 Å². The molecule has 1 heterocycles. The fourth-order valence-corrected chi connectivity index (χ4v) is 2.87. The highest BCUT2D eigenvalue weighted by Gasteiger charge is 2.40. The van der Waals surface area contributed by atoms with E-state index < -0.39 is 29.6 Å². The van der Waals surface area contributed by atoms with E-state index in [0.717, 1.165) is 17.0 Å². The Bertz CT molecular complexity index is 880. The van der Waals surface area contributed by atoms with Crippen molar-refractivity contribution in [2.75, 3.05) is 10.2 Å². The van der Waals surface area contributed by atoms with Gasteiger partial charge in [-0.15, -0.1) is 0 Å². The molecule has 0 spiro atoms. The predicted octanol–water partition coefficient (Wildman–Crippen LogP) is 3.46. The number of amides is 2. The van der Waals surface area contributed by atoms with Crippen molar-refractivity contribution in [3.63, 3.8) is 0 Å². The molecule has 3 rings (SSSR count). The molecule has 0 aromatic heterocycles. The summed E-state index contributed by atoms with van der Waals surface area (Å²) in [4.78, 5) is 25.9. The van der Waals surface area contributed by atoms with Crippen LogP contribution in [0.1, 0.15) is 17.5 Å². The van der Waals surface area contributed by atoms with E-state index in [4.69, 9.17) is 0 Å². The lowest BCUT2D eigenvalue weighted by Crippen LogP contribution is -2.35. The van der Waals surface area contributed by atoms with Crippen LogP contribution < -0.4 is 10.2 Å². The number of carbonyl (C=O) groups is 2. The monoisotopic (exact) mass is 364 g/mol. The summed E-state index contributed by atoms with van der Waals surface area (Å²) in [5, 5.41) is 12.2. The molecule has 1 fully saturated rings. The SMILES string of the molecule is Cc1cc(O)ccc1N1C(=O)CC(Nc2cccc(C(F)(F)F)c2)C1=O. The molecular weight excluding hydrogens is 349 g/mol. The molecule has 2 aromatic rings. The number of aromatic hydroxyl groups is 1. The fraction of sp³-hybridized carbons (Fsp3) is 0.222. The molecule has 2 N–H and O–H groups in total. The Labute approximate surface area is 147 Å². The minimum atomic E-state index is -4.50. The lowest BCUT2D eigenvalue weighted by molar-refractivity contribution is -0.137. The molecule has 0 saturated carbocycles. The van der Waals surface area contributed by atoms with Gasteiger partial charge >= 0.3 is 6.18 Å². The first-order chi connectivity index (χ1) is 12.2. The van der Waals surface area contributed by atoms with Gasteiger partial charge in [0.15, 0.2) is 0 Å². The predicted molar refractivity (Wildman–Crippen MR) is 88.8 cm³/mol. The fourth-order valence-electron chi connectivity index (χ4n) is 2.87. The molecule has 1 aliphatic rings. The van der Waals surface area contributed by atoms with Crippen LogP contribution in [0.15, 0.2) is 42.5 Å². The van der Waals surface area contributed by atoms with E-state index in [2.05, 4.69) is 5.32 Å². The average molecular weight is 364 g/mol. The van der Waals surface area contributed by atoms with Crippen LogP contribution in [0.25, 0.3) is 0 Å². The van der Waals surface area contributed by atoms with Gasteiger partial charge in [-0.25, -0.2) is 4.90 Å². The van der Waals surface area contributed by atoms with Crippen LogP contribution in [-0.2, 0) is 15.8 Å². The molecule has 1 saturated heterocycles. The molecule has 26 heavy (non-hydrogen) atoms. The third-order valence-electron chi connectivity index (χ3n) is 4.10. The average Bonchev–Trinajstić information content (AvgIpc) is 2.82. The molecule has 8 heteroatoms. The quantitative estimate of drug-likeness (QED) is 0.819. The minimum absolute atomic E-state index is 0.00369. The van der Waals surface area contributed by atoms with Crippen molar-refractivity contribution in [3.8, 4) is 5.75 Å². The second-order valence-electron chi connectivity index (χ2n) is 6.02. The number of alkyl halides is 3. The molecule has 0 aliphatic carbocycles. The molecular formula is C18H15F3N2O3. The highest BCUT2D eigenvalue weighted by Crippen LogP contribution is 2.32. The Morgan fingerprint density at radius 1 is 1.15 bits per heavy atom. The molecule has 0 bridgehead atoms. The summed E-state index contributed by atoms with van der Waals surface area (Å²) in [6, 6.07) is 7.73. The van der Waals surface area contributed by atoms with Crippen LogP contribution in [0.4, 0.5) is 24.5 Å². The van der Waals surface area contributed by atoms with Gasteiger partial charge in [0.1, 0.15) is 11.8 Å². The summed E-state index contributed by atoms with van der Waals surface area (Å²) in [6.45, 7) is 1.64. The first-order valence-electron chi connectivity index (χ1n) is 7.77. The van der Waals surface area contributed by atoms with Gasteiger partial charge in [-0.3, -0.25) is 9.59 Å². The lowest BCUT2D eigenvalue weighted by atomic mass is 10.1. The summed E-state index contributed by atoms with van der Waals surface area (Å²) in [5.74, 6) is -1.02. The van der Waals surface area contributed by atoms with Crippen LogP contribution >= 0.6 is 0 Å². The number of nitrogens with zero attached hydrogens (tertiary/aromatic N) is 1. The van der Waals surface area contributed by atoms with Gasteiger partial charge in [-0.05, 0) is 48.9 Å². The second kappa shape index (κ2) is 6.36. The molecule has 2 aromatic carbocycles. The molecule has 5 nitrogen and oxygen atoms in total. The molecule has 1 aliphatic heterocycles. The van der Waals surface area contributed by atoms with Crippen molar-refractivity contribution in [1.82, 2.24) is 0 Å². The zero-order chi connectivity index (χ0) is 19.1. The van der Waals surface area contributed by atoms with Crippen molar-refractivity contribution < 1.29 is 27.9 Å². The number of phenolic OH excluding ortho intramolecular Hbond substituents is 1. The summed E-state index contributed by atoms with van der Waals surface area (Å²) in [6.07, 6.45) is -4.67. The second-order valence-corrected chi connectivity index (χ2v) is 6.02. The number of benzene rings is 2. The van der Waals surface area contributed by atoms with Crippen molar-refractivity contribution in [3.05, 3.63) is 53.6 Å². The Balaban J connectivity index is 1.83. The molecule has 1 atom stereocenters. The van der Waals surface area contributed by atoms with Gasteiger partial charge in [0, 0.05) is 5.69 Å². The van der Waals surface area contributed by atoms with Crippen LogP contribution in [-0.4, -0.2) is 23.0 Å². The number of aryl methyl sites for hydroxylation is 1. The molecule has 1 unspecified atom stereocenters. The largest absolute Gasteiger partial charge is 0.508 e. The van der Waals surface area contributed by atoms with E-state index in [-0.39, 0.29) is 17.9 Å². The van der Waals surface area contributed by atoms with Crippen LogP contribution in [0.2, 0.25) is 0 Å². The number of hydrogen-bond donors (Lipinski definition) is 2. The summed E-state index contributed by atoms with van der Waals surface area (Å²) in [7, 11) is 0. The maximum absolute atomic E-state index is 12.8. The van der Waals surface area contributed by atoms with Crippen molar-refractivity contribution in [2.24, 2.45) is 0 Å². The van der Waals surface area contributed by atoms with E-state index >= 15 is 0 Å². The highest BCUT2D eigenvalue weighted by atomic mass is 19.4. The standard InChI is InChI=1S/C18H15F3N2O3/c1-10-7-13(24)5-6-15(10)23-16(25)9-14(17(23)26)22-12-4-2-3-11(8-12)18(19,20)21/h2-8,14,22,24H,9H2,1H3. The number of hydrogen-bond acceptors (Lipinski definition) is 4. The smallest absolute Gasteiger partial charge is 0.416 e. The van der Waals surface area contributed by atoms with Gasteiger partial charge in [0.25, 0.3) is 5.91 Å². The van der Waals surface area contributed by atoms with Gasteiger partial charge in [-0.2, -0.15) is 13.2 Å². The van der Waals surface area contributed by atoms with E-state index in [1.807, 2.05) is 0 Å². The van der Waals surface area contributed by atoms with E-state index in [1.165, 1.54) is 30.3 Å². The molecule has 2 amide bonds. The van der Waals surface area contributed by atoms with Crippen molar-refractivity contribution >= 4 is 23.2 Å². The summed E-state index contributed by atoms with van der Waals surface area (Å²) >= 11 is 0. The Morgan fingerprint density at radius 2 is 1.88 bits per heavy atom. The molecule has 0 radical (unpaired) electrons. The minimum Gasteiger partial charge on any atom is -0.508 e. The number of carbonyl (C=O) groups excluding carboxylic acids is 2. The normalized spacial score (nSPS) is 17.7. The first kappa shape index (κ1) is 17.8. The number of rotatable bonds is 3. The van der Waals surface area contributed by atoms with Crippen LogP contribution in [0, 0.1) is 6.92 Å². The lowest BCUT2D eigenvalue weighted by Gasteiger charge is -2.18. The highest BCUT2D eigenvalue weighted by molar-refractivity contribution is 6.23. The molecule has 136 valence electrons. The Hall–Kier alpha value is -3.03. The summed E-state index contributed by atoms with van der Waals surface area (Å²) < 4.78 is 38.4. The summed E-state index contributed by atoms with van der Waals surface area (Å²) in [5.41, 5.74) is 0.137. The van der Waals surface area contributed by atoms with E-state index in [0.29, 0.717) is 11.3 Å². The van der Waals surface area contributed by atoms with E-state index in [9.17, 15) is 27.9 Å². The maximum Gasteiger partial charge on any atom is 0.416 e. The van der Waals surface area contributed by atoms with Crippen molar-refractivity contribution in [1.29, 1.82) is 0 Å². The van der Waals surface area contributed by atoms with E-state index in [1.54, 1.807) is 6.92 Å². The maximum atomic E-state index is 12.8. The Kier molecular flexibility index (Phi) is 4.35. The number of phenols is 1. The number of nitrogens with one attached hydrogen (secondary N) is 1. The van der Waals surface area contributed by atoms with Gasteiger partial charge in [-0.1, -0.05) is 6.07 Å². The zero-order valence-corrected chi connectivity index (χ0v) is 13.7. The zero-order valence-electron chi connectivity index (χ0n) is 13.7. The third-order valence-corrected chi connectivity index (χ3v) is 4.10. The van der Waals surface area contributed by atoms with Crippen molar-refractivity contribution in [2.45, 2.75) is 25.6 Å². The van der Waals surface area contributed by atoms with Gasteiger partial charge in [0.05, 0.1) is 17.7 Å². The third kappa shape index (κ3) is 3.35. The first-order valence-corrected chi connectivity index (χ1v) is 7.77.